The monoisotopic (exact) mass is 343 g/mol. The summed E-state index contributed by atoms with van der Waals surface area (Å²) >= 11 is 0. The van der Waals surface area contributed by atoms with Crippen LogP contribution in [-0.2, 0) is 15.0 Å². The summed E-state index contributed by atoms with van der Waals surface area (Å²) in [5.74, 6) is -1.52. The van der Waals surface area contributed by atoms with Gasteiger partial charge in [0.1, 0.15) is 5.82 Å². The fraction of sp³-hybridized carbons (Fsp3) is 0.300. The maximum absolute atomic E-state index is 13.3. The predicted octanol–water partition coefficient (Wildman–Crippen LogP) is 4.32. The molecule has 2 aromatic carbocycles. The summed E-state index contributed by atoms with van der Waals surface area (Å²) in [5.41, 5.74) is 1.04. The van der Waals surface area contributed by atoms with Crippen molar-refractivity contribution in [1.82, 2.24) is 0 Å². The summed E-state index contributed by atoms with van der Waals surface area (Å²) in [6, 6.07) is 13.0. The number of hydrogen-bond acceptors (Lipinski definition) is 2. The number of rotatable bonds is 6. The Morgan fingerprint density at radius 1 is 1.16 bits per heavy atom. The highest BCUT2D eigenvalue weighted by Gasteiger charge is 2.29. The number of halogens is 1. The second-order valence-corrected chi connectivity index (χ2v) is 6.72. The molecule has 0 aliphatic carbocycles. The van der Waals surface area contributed by atoms with E-state index >= 15 is 0 Å². The van der Waals surface area contributed by atoms with Crippen LogP contribution in [0.1, 0.15) is 44.2 Å². The van der Waals surface area contributed by atoms with Gasteiger partial charge in [-0.15, -0.1) is 0 Å². The molecule has 0 aliphatic heterocycles. The van der Waals surface area contributed by atoms with E-state index in [0.29, 0.717) is 11.3 Å². The second-order valence-electron chi connectivity index (χ2n) is 6.72. The Labute approximate surface area is 146 Å². The largest absolute Gasteiger partial charge is 0.481 e. The van der Waals surface area contributed by atoms with Crippen LogP contribution in [0.2, 0.25) is 0 Å². The van der Waals surface area contributed by atoms with Gasteiger partial charge in [-0.25, -0.2) is 4.39 Å². The minimum atomic E-state index is -0.992. The molecule has 0 radical (unpaired) electrons. The summed E-state index contributed by atoms with van der Waals surface area (Å²) in [6.45, 7) is 5.13. The second kappa shape index (κ2) is 7.47. The van der Waals surface area contributed by atoms with Crippen molar-refractivity contribution in [1.29, 1.82) is 0 Å². The summed E-state index contributed by atoms with van der Waals surface area (Å²) in [7, 11) is 0. The van der Waals surface area contributed by atoms with Gasteiger partial charge >= 0.3 is 5.97 Å². The first-order chi connectivity index (χ1) is 11.7. The van der Waals surface area contributed by atoms with Crippen LogP contribution in [0.25, 0.3) is 0 Å². The predicted molar refractivity (Wildman–Crippen MR) is 95.2 cm³/mol. The lowest BCUT2D eigenvalue weighted by Crippen LogP contribution is -2.28. The molecule has 0 aliphatic rings. The van der Waals surface area contributed by atoms with E-state index in [0.717, 1.165) is 5.56 Å². The topological polar surface area (TPSA) is 66.4 Å². The lowest BCUT2D eigenvalue weighted by atomic mass is 9.85. The first-order valence-electron chi connectivity index (χ1n) is 8.09. The number of carboxylic acids is 1. The van der Waals surface area contributed by atoms with Crippen LogP contribution in [0.3, 0.4) is 0 Å². The zero-order valence-electron chi connectivity index (χ0n) is 14.5. The molecule has 0 fully saturated rings. The Kier molecular flexibility index (Phi) is 5.57. The van der Waals surface area contributed by atoms with Gasteiger partial charge in [-0.2, -0.15) is 0 Å². The molecule has 0 saturated carbocycles. The molecule has 0 bridgehead atoms. The third-order valence-electron chi connectivity index (χ3n) is 4.33. The molecular formula is C20H22FNO3. The fourth-order valence-corrected chi connectivity index (χ4v) is 2.51. The van der Waals surface area contributed by atoms with Crippen LogP contribution in [-0.4, -0.2) is 17.0 Å². The first kappa shape index (κ1) is 18.6. The van der Waals surface area contributed by atoms with E-state index in [1.807, 2.05) is 6.92 Å². The molecule has 132 valence electrons. The number of nitrogens with one attached hydrogen (secondary N) is 1. The van der Waals surface area contributed by atoms with Gasteiger partial charge < -0.3 is 10.4 Å². The average molecular weight is 343 g/mol. The van der Waals surface area contributed by atoms with Crippen LogP contribution in [0.15, 0.2) is 48.5 Å². The number of carbonyl (C=O) groups is 2. The highest BCUT2D eigenvalue weighted by Crippen LogP contribution is 2.25. The molecule has 4 nitrogen and oxygen atoms in total. The molecular weight excluding hydrogens is 321 g/mol. The summed E-state index contributed by atoms with van der Waals surface area (Å²) in [5, 5.41) is 12.0. The fourth-order valence-electron chi connectivity index (χ4n) is 2.51. The summed E-state index contributed by atoms with van der Waals surface area (Å²) in [6.07, 6.45) is 0.228. The lowest BCUT2D eigenvalue weighted by molar-refractivity contribution is -0.142. The van der Waals surface area contributed by atoms with Gasteiger partial charge in [0.2, 0.25) is 5.91 Å². The Bertz CT molecular complexity index is 769. The molecule has 2 N–H and O–H groups in total. The van der Waals surface area contributed by atoms with Crippen LogP contribution < -0.4 is 5.32 Å². The molecule has 0 spiro atoms. The van der Waals surface area contributed by atoms with E-state index in [1.165, 1.54) is 12.1 Å². The van der Waals surface area contributed by atoms with Crippen molar-refractivity contribution in [2.45, 2.75) is 38.5 Å². The zero-order chi connectivity index (χ0) is 18.6. The normalized spacial score (nSPS) is 12.5. The van der Waals surface area contributed by atoms with Gasteiger partial charge in [-0.3, -0.25) is 9.59 Å². The molecule has 5 heteroatoms. The number of benzene rings is 2. The highest BCUT2D eigenvalue weighted by molar-refractivity contribution is 5.91. The molecule has 2 aromatic rings. The summed E-state index contributed by atoms with van der Waals surface area (Å²) in [4.78, 5) is 23.4. The van der Waals surface area contributed by atoms with E-state index in [2.05, 4.69) is 5.32 Å². The minimum Gasteiger partial charge on any atom is -0.481 e. The average Bonchev–Trinajstić information content (AvgIpc) is 2.55. The van der Waals surface area contributed by atoms with Crippen molar-refractivity contribution in [2.75, 3.05) is 5.32 Å². The molecule has 0 saturated heterocycles. The number of carbonyl (C=O) groups excluding carboxylic acids is 1. The van der Waals surface area contributed by atoms with Crippen molar-refractivity contribution in [3.8, 4) is 0 Å². The highest BCUT2D eigenvalue weighted by atomic mass is 19.1. The van der Waals surface area contributed by atoms with Crippen LogP contribution in [0.4, 0.5) is 10.1 Å². The minimum absolute atomic E-state index is 0.110. The Balaban J connectivity index is 2.00. The van der Waals surface area contributed by atoms with Gasteiger partial charge in [0.15, 0.2) is 0 Å². The maximum atomic E-state index is 13.3. The Morgan fingerprint density at radius 3 is 2.36 bits per heavy atom. The van der Waals surface area contributed by atoms with Crippen LogP contribution in [0.5, 0.6) is 0 Å². The molecule has 25 heavy (non-hydrogen) atoms. The number of amides is 1. The smallest absolute Gasteiger partial charge is 0.313 e. The van der Waals surface area contributed by atoms with Gasteiger partial charge in [0.25, 0.3) is 0 Å². The van der Waals surface area contributed by atoms with E-state index in [-0.39, 0.29) is 24.1 Å². The van der Waals surface area contributed by atoms with Gasteiger partial charge in [0, 0.05) is 12.1 Å². The zero-order valence-corrected chi connectivity index (χ0v) is 14.5. The van der Waals surface area contributed by atoms with Gasteiger partial charge in [-0.05, 0) is 55.2 Å². The molecule has 0 heterocycles. The Hall–Kier alpha value is -2.69. The van der Waals surface area contributed by atoms with Crippen molar-refractivity contribution in [3.63, 3.8) is 0 Å². The molecule has 2 rings (SSSR count). The van der Waals surface area contributed by atoms with E-state index in [9.17, 15) is 19.1 Å². The van der Waals surface area contributed by atoms with Crippen molar-refractivity contribution >= 4 is 17.6 Å². The molecule has 1 unspecified atom stereocenters. The number of carboxylic acid groups (broad SMARTS) is 1. The van der Waals surface area contributed by atoms with E-state index in [1.54, 1.807) is 50.2 Å². The van der Waals surface area contributed by atoms with E-state index < -0.39 is 11.4 Å². The molecule has 0 aromatic heterocycles. The number of anilines is 1. The van der Waals surface area contributed by atoms with Crippen molar-refractivity contribution in [2.24, 2.45) is 0 Å². The third-order valence-corrected chi connectivity index (χ3v) is 4.33. The van der Waals surface area contributed by atoms with Gasteiger partial charge in [-0.1, -0.05) is 31.2 Å². The van der Waals surface area contributed by atoms with E-state index in [4.69, 9.17) is 0 Å². The van der Waals surface area contributed by atoms with Crippen LogP contribution in [0, 0.1) is 5.82 Å². The lowest BCUT2D eigenvalue weighted by Gasteiger charge is -2.20. The standard InChI is InChI=1S/C20H22FNO3/c1-13(14-5-4-6-16(21)12-14)11-18(23)22-17-9-7-15(8-10-17)20(2,3)19(24)25/h4-10,12-13H,11H2,1-3H3,(H,22,23)(H,24,25). The molecule has 1 amide bonds. The third kappa shape index (κ3) is 4.66. The van der Waals surface area contributed by atoms with Crippen molar-refractivity contribution < 1.29 is 19.1 Å². The maximum Gasteiger partial charge on any atom is 0.313 e. The number of hydrogen-bond donors (Lipinski definition) is 2. The quantitative estimate of drug-likeness (QED) is 0.821. The summed E-state index contributed by atoms with van der Waals surface area (Å²) < 4.78 is 13.3. The van der Waals surface area contributed by atoms with Crippen molar-refractivity contribution in [3.05, 3.63) is 65.5 Å². The number of aliphatic carboxylic acids is 1. The molecule has 1 atom stereocenters. The first-order valence-corrected chi connectivity index (χ1v) is 8.09. The van der Waals surface area contributed by atoms with Crippen LogP contribution >= 0.6 is 0 Å². The Morgan fingerprint density at radius 2 is 1.80 bits per heavy atom. The SMILES string of the molecule is CC(CC(=O)Nc1ccc(C(C)(C)C(=O)O)cc1)c1cccc(F)c1. The van der Waals surface area contributed by atoms with Gasteiger partial charge in [0.05, 0.1) is 5.41 Å².